The van der Waals surface area contributed by atoms with E-state index in [2.05, 4.69) is 16.2 Å². The summed E-state index contributed by atoms with van der Waals surface area (Å²) in [7, 11) is 0. The van der Waals surface area contributed by atoms with Crippen LogP contribution in [0.1, 0.15) is 33.6 Å². The van der Waals surface area contributed by atoms with Crippen LogP contribution in [0.15, 0.2) is 0 Å². The fraction of sp³-hybridized carbons (Fsp3) is 0.800. The Labute approximate surface area is 90.0 Å². The molecular formula is C10H19N3O2. The Morgan fingerprint density at radius 1 is 1.27 bits per heavy atom. The van der Waals surface area contributed by atoms with E-state index < -0.39 is 5.41 Å². The van der Waals surface area contributed by atoms with Gasteiger partial charge >= 0.3 is 0 Å². The molecule has 86 valence electrons. The highest BCUT2D eigenvalue weighted by Crippen LogP contribution is 2.11. The number of amides is 2. The Hall–Kier alpha value is -1.10. The molecule has 1 unspecified atom stereocenters. The molecule has 0 aromatic carbocycles. The van der Waals surface area contributed by atoms with Gasteiger partial charge in [-0.2, -0.15) is 0 Å². The highest BCUT2D eigenvalue weighted by atomic mass is 16.2. The van der Waals surface area contributed by atoms with Gasteiger partial charge in [0.25, 0.3) is 5.91 Å². The molecule has 1 fully saturated rings. The predicted octanol–water partition coefficient (Wildman–Crippen LogP) is -0.0681. The molecule has 0 radical (unpaired) electrons. The van der Waals surface area contributed by atoms with Crippen molar-refractivity contribution in [1.82, 2.24) is 16.2 Å². The smallest absolute Gasteiger partial charge is 0.255 e. The van der Waals surface area contributed by atoms with Gasteiger partial charge in [-0.1, -0.05) is 20.8 Å². The second-order valence-corrected chi connectivity index (χ2v) is 4.84. The van der Waals surface area contributed by atoms with Crippen LogP contribution in [0.4, 0.5) is 0 Å². The lowest BCUT2D eigenvalue weighted by Crippen LogP contribution is -2.51. The standard InChI is InChI=1S/C10H19N3O2/c1-10(2,3)9(15)13-12-8(14)7-5-4-6-11-7/h7,11H,4-6H2,1-3H3,(H,12,14)(H,13,15). The Morgan fingerprint density at radius 3 is 2.40 bits per heavy atom. The minimum Gasteiger partial charge on any atom is -0.306 e. The second-order valence-electron chi connectivity index (χ2n) is 4.84. The lowest BCUT2D eigenvalue weighted by molar-refractivity contribution is -0.134. The maximum atomic E-state index is 11.5. The van der Waals surface area contributed by atoms with Gasteiger partial charge in [-0.3, -0.25) is 20.4 Å². The third-order valence-corrected chi connectivity index (χ3v) is 2.36. The molecule has 1 saturated heterocycles. The lowest BCUT2D eigenvalue weighted by Gasteiger charge is -2.19. The third-order valence-electron chi connectivity index (χ3n) is 2.36. The molecule has 0 bridgehead atoms. The van der Waals surface area contributed by atoms with E-state index in [0.29, 0.717) is 0 Å². The Morgan fingerprint density at radius 2 is 1.93 bits per heavy atom. The van der Waals surface area contributed by atoms with Crippen molar-refractivity contribution in [2.24, 2.45) is 5.41 Å². The summed E-state index contributed by atoms with van der Waals surface area (Å²) >= 11 is 0. The number of hydrogen-bond acceptors (Lipinski definition) is 3. The van der Waals surface area contributed by atoms with Gasteiger partial charge < -0.3 is 5.32 Å². The van der Waals surface area contributed by atoms with E-state index in [9.17, 15) is 9.59 Å². The molecule has 0 spiro atoms. The molecule has 0 aliphatic carbocycles. The highest BCUT2D eigenvalue weighted by Gasteiger charge is 2.25. The van der Waals surface area contributed by atoms with Gasteiger partial charge in [0.15, 0.2) is 0 Å². The highest BCUT2D eigenvalue weighted by molar-refractivity contribution is 5.87. The summed E-state index contributed by atoms with van der Waals surface area (Å²) in [5, 5.41) is 3.06. The molecule has 5 nitrogen and oxygen atoms in total. The fourth-order valence-electron chi connectivity index (χ4n) is 1.30. The number of nitrogens with one attached hydrogen (secondary N) is 3. The molecule has 1 rings (SSSR count). The van der Waals surface area contributed by atoms with E-state index in [1.54, 1.807) is 20.8 Å². The van der Waals surface area contributed by atoms with Crippen LogP contribution in [-0.4, -0.2) is 24.4 Å². The van der Waals surface area contributed by atoms with Crippen LogP contribution in [0, 0.1) is 5.41 Å². The Kier molecular flexibility index (Phi) is 3.68. The molecule has 0 aromatic heterocycles. The monoisotopic (exact) mass is 213 g/mol. The Bertz CT molecular complexity index is 252. The summed E-state index contributed by atoms with van der Waals surface area (Å²) in [4.78, 5) is 22.9. The number of carbonyl (C=O) groups excluding carboxylic acids is 2. The minimum absolute atomic E-state index is 0.162. The first-order chi connectivity index (χ1) is 6.91. The van der Waals surface area contributed by atoms with E-state index >= 15 is 0 Å². The van der Waals surface area contributed by atoms with E-state index in [1.165, 1.54) is 0 Å². The summed E-state index contributed by atoms with van der Waals surface area (Å²) in [6, 6.07) is -0.162. The topological polar surface area (TPSA) is 70.2 Å². The van der Waals surface area contributed by atoms with Crippen molar-refractivity contribution in [2.75, 3.05) is 6.54 Å². The van der Waals surface area contributed by atoms with Crippen molar-refractivity contribution in [3.8, 4) is 0 Å². The molecule has 15 heavy (non-hydrogen) atoms. The van der Waals surface area contributed by atoms with Crippen molar-refractivity contribution in [3.05, 3.63) is 0 Å². The van der Waals surface area contributed by atoms with Crippen LogP contribution in [0.5, 0.6) is 0 Å². The van der Waals surface area contributed by atoms with Crippen LogP contribution in [0.25, 0.3) is 0 Å². The molecule has 1 atom stereocenters. The molecule has 0 aromatic rings. The summed E-state index contributed by atoms with van der Waals surface area (Å²) in [6.45, 7) is 6.25. The van der Waals surface area contributed by atoms with Crippen LogP contribution in [0.3, 0.4) is 0 Å². The first-order valence-corrected chi connectivity index (χ1v) is 5.25. The van der Waals surface area contributed by atoms with E-state index in [1.807, 2.05) is 0 Å². The molecule has 1 heterocycles. The molecule has 2 amide bonds. The summed E-state index contributed by atoms with van der Waals surface area (Å²) in [6.07, 6.45) is 1.84. The Balaban J connectivity index is 2.30. The quantitative estimate of drug-likeness (QED) is 0.534. The van der Waals surface area contributed by atoms with Gasteiger partial charge in [0.05, 0.1) is 6.04 Å². The van der Waals surface area contributed by atoms with Gasteiger partial charge in [0.2, 0.25) is 5.91 Å². The first-order valence-electron chi connectivity index (χ1n) is 5.25. The summed E-state index contributed by atoms with van der Waals surface area (Å²) in [5.74, 6) is -0.348. The van der Waals surface area contributed by atoms with Crippen LogP contribution < -0.4 is 16.2 Å². The number of hydrogen-bond donors (Lipinski definition) is 3. The molecular weight excluding hydrogens is 194 g/mol. The van der Waals surface area contributed by atoms with Gasteiger partial charge in [-0.15, -0.1) is 0 Å². The largest absolute Gasteiger partial charge is 0.306 e. The van der Waals surface area contributed by atoms with Gasteiger partial charge in [0, 0.05) is 5.41 Å². The average Bonchev–Trinajstić information content (AvgIpc) is 2.64. The number of rotatable bonds is 1. The van der Waals surface area contributed by atoms with E-state index in [-0.39, 0.29) is 17.9 Å². The van der Waals surface area contributed by atoms with Crippen molar-refractivity contribution in [3.63, 3.8) is 0 Å². The van der Waals surface area contributed by atoms with Crippen LogP contribution in [-0.2, 0) is 9.59 Å². The maximum Gasteiger partial charge on any atom is 0.255 e. The first kappa shape index (κ1) is 12.0. The lowest BCUT2D eigenvalue weighted by atomic mass is 9.96. The molecule has 1 aliphatic heterocycles. The molecule has 5 heteroatoms. The zero-order chi connectivity index (χ0) is 11.5. The van der Waals surface area contributed by atoms with Crippen molar-refractivity contribution < 1.29 is 9.59 Å². The molecule has 0 saturated carbocycles. The zero-order valence-electron chi connectivity index (χ0n) is 9.52. The predicted molar refractivity (Wildman–Crippen MR) is 56.8 cm³/mol. The number of carbonyl (C=O) groups is 2. The van der Waals surface area contributed by atoms with Gasteiger partial charge in [0.1, 0.15) is 0 Å². The van der Waals surface area contributed by atoms with E-state index in [4.69, 9.17) is 0 Å². The van der Waals surface area contributed by atoms with Gasteiger partial charge in [-0.25, -0.2) is 0 Å². The van der Waals surface area contributed by atoms with Crippen LogP contribution >= 0.6 is 0 Å². The average molecular weight is 213 g/mol. The van der Waals surface area contributed by atoms with E-state index in [0.717, 1.165) is 19.4 Å². The minimum atomic E-state index is -0.490. The normalized spacial score (nSPS) is 21.1. The van der Waals surface area contributed by atoms with Crippen molar-refractivity contribution in [2.45, 2.75) is 39.7 Å². The second kappa shape index (κ2) is 4.61. The summed E-state index contributed by atoms with van der Waals surface area (Å²) in [5.41, 5.74) is 4.36. The zero-order valence-corrected chi connectivity index (χ0v) is 9.52. The van der Waals surface area contributed by atoms with Crippen molar-refractivity contribution in [1.29, 1.82) is 0 Å². The fourth-order valence-corrected chi connectivity index (χ4v) is 1.30. The molecule has 1 aliphatic rings. The van der Waals surface area contributed by atoms with Crippen LogP contribution in [0.2, 0.25) is 0 Å². The van der Waals surface area contributed by atoms with Crippen molar-refractivity contribution >= 4 is 11.8 Å². The molecule has 3 N–H and O–H groups in total. The number of hydrazine groups is 1. The third kappa shape index (κ3) is 3.51. The van der Waals surface area contributed by atoms with Gasteiger partial charge in [-0.05, 0) is 19.4 Å². The SMILES string of the molecule is CC(C)(C)C(=O)NNC(=O)C1CCCN1. The summed E-state index contributed by atoms with van der Waals surface area (Å²) < 4.78 is 0. The maximum absolute atomic E-state index is 11.5.